The Bertz CT molecular complexity index is 568. The first-order valence-corrected chi connectivity index (χ1v) is 6.53. The van der Waals surface area contributed by atoms with Crippen LogP contribution in [-0.2, 0) is 6.54 Å². The molecule has 0 unspecified atom stereocenters. The van der Waals surface area contributed by atoms with Crippen molar-refractivity contribution in [1.82, 2.24) is 15.5 Å². The van der Waals surface area contributed by atoms with Crippen LogP contribution in [0.2, 0.25) is 0 Å². The molecule has 1 fully saturated rings. The van der Waals surface area contributed by atoms with Crippen molar-refractivity contribution in [1.29, 1.82) is 0 Å². The highest BCUT2D eigenvalue weighted by atomic mass is 79.9. The number of benzene rings is 1. The maximum Gasteiger partial charge on any atom is 0.250 e. The molecule has 1 aliphatic rings. The van der Waals surface area contributed by atoms with E-state index >= 15 is 0 Å². The number of hydrogen-bond acceptors (Lipinski definition) is 4. The van der Waals surface area contributed by atoms with Crippen molar-refractivity contribution >= 4 is 15.9 Å². The predicted molar refractivity (Wildman–Crippen MR) is 67.3 cm³/mol. The van der Waals surface area contributed by atoms with Gasteiger partial charge < -0.3 is 9.73 Å². The molecule has 2 aromatic rings. The number of halogens is 2. The summed E-state index contributed by atoms with van der Waals surface area (Å²) in [6.07, 6.45) is 2.39. The minimum atomic E-state index is -0.386. The monoisotopic (exact) mass is 311 g/mol. The van der Waals surface area contributed by atoms with Gasteiger partial charge in [-0.25, -0.2) is 4.39 Å². The van der Waals surface area contributed by atoms with E-state index in [-0.39, 0.29) is 11.7 Å². The summed E-state index contributed by atoms with van der Waals surface area (Å²) in [4.78, 5) is 0. The second kappa shape index (κ2) is 4.78. The highest BCUT2D eigenvalue weighted by Gasteiger charge is 2.21. The second-order valence-electron chi connectivity index (χ2n) is 4.26. The fourth-order valence-corrected chi connectivity index (χ4v) is 1.99. The van der Waals surface area contributed by atoms with Crippen molar-refractivity contribution in [2.24, 2.45) is 0 Å². The van der Waals surface area contributed by atoms with E-state index in [1.165, 1.54) is 12.8 Å². The van der Waals surface area contributed by atoms with Gasteiger partial charge in [0.25, 0.3) is 5.89 Å². The molecule has 1 N–H and O–H groups in total. The van der Waals surface area contributed by atoms with Crippen LogP contribution in [0.1, 0.15) is 18.7 Å². The molecule has 0 aliphatic heterocycles. The van der Waals surface area contributed by atoms with Crippen molar-refractivity contribution in [2.45, 2.75) is 25.4 Å². The Labute approximate surface area is 112 Å². The smallest absolute Gasteiger partial charge is 0.250 e. The Kier molecular flexibility index (Phi) is 3.13. The van der Waals surface area contributed by atoms with Gasteiger partial charge in [0.05, 0.1) is 16.6 Å². The van der Waals surface area contributed by atoms with E-state index in [4.69, 9.17) is 4.42 Å². The lowest BCUT2D eigenvalue weighted by molar-refractivity contribution is 0.473. The fraction of sp³-hybridized carbons (Fsp3) is 0.333. The van der Waals surface area contributed by atoms with Crippen LogP contribution in [0.15, 0.2) is 27.1 Å². The van der Waals surface area contributed by atoms with Crippen LogP contribution in [-0.4, -0.2) is 16.2 Å². The molecule has 6 heteroatoms. The average Bonchev–Trinajstić information content (AvgIpc) is 3.08. The van der Waals surface area contributed by atoms with Crippen molar-refractivity contribution in [3.63, 3.8) is 0 Å². The SMILES string of the molecule is Fc1c(Br)cccc1-c1nnc(CNC2CC2)o1. The van der Waals surface area contributed by atoms with Crippen LogP contribution in [0.3, 0.4) is 0 Å². The molecular formula is C12H11BrFN3O. The summed E-state index contributed by atoms with van der Waals surface area (Å²) in [7, 11) is 0. The Morgan fingerprint density at radius 2 is 2.22 bits per heavy atom. The maximum atomic E-state index is 13.8. The van der Waals surface area contributed by atoms with Crippen molar-refractivity contribution in [3.8, 4) is 11.5 Å². The minimum absolute atomic E-state index is 0.210. The predicted octanol–water partition coefficient (Wildman–Crippen LogP) is 2.89. The van der Waals surface area contributed by atoms with Gasteiger partial charge in [0.15, 0.2) is 0 Å². The van der Waals surface area contributed by atoms with Gasteiger partial charge in [0.1, 0.15) is 5.82 Å². The zero-order valence-electron chi connectivity index (χ0n) is 9.49. The van der Waals surface area contributed by atoms with E-state index in [1.807, 2.05) is 0 Å². The van der Waals surface area contributed by atoms with E-state index < -0.39 is 0 Å². The number of aromatic nitrogens is 2. The number of nitrogens with zero attached hydrogens (tertiary/aromatic N) is 2. The molecule has 3 rings (SSSR count). The molecule has 1 aromatic heterocycles. The Balaban J connectivity index is 1.80. The van der Waals surface area contributed by atoms with Crippen LogP contribution < -0.4 is 5.32 Å². The maximum absolute atomic E-state index is 13.8. The first-order chi connectivity index (χ1) is 8.74. The first-order valence-electron chi connectivity index (χ1n) is 5.74. The van der Waals surface area contributed by atoms with Crippen LogP contribution in [0, 0.1) is 5.82 Å². The van der Waals surface area contributed by atoms with Crippen LogP contribution in [0.5, 0.6) is 0 Å². The Morgan fingerprint density at radius 1 is 1.39 bits per heavy atom. The zero-order chi connectivity index (χ0) is 12.5. The van der Waals surface area contributed by atoms with Crippen molar-refractivity contribution in [3.05, 3.63) is 34.4 Å². The number of rotatable bonds is 4. The summed E-state index contributed by atoms with van der Waals surface area (Å²) in [6, 6.07) is 5.55. The quantitative estimate of drug-likeness (QED) is 0.943. The van der Waals surface area contributed by atoms with Crippen LogP contribution >= 0.6 is 15.9 Å². The molecule has 0 radical (unpaired) electrons. The van der Waals surface area contributed by atoms with Gasteiger partial charge in [-0.3, -0.25) is 0 Å². The lowest BCUT2D eigenvalue weighted by Gasteiger charge is -1.99. The number of hydrogen-bond donors (Lipinski definition) is 1. The molecule has 0 amide bonds. The zero-order valence-corrected chi connectivity index (χ0v) is 11.1. The standard InChI is InChI=1S/C12H11BrFN3O/c13-9-3-1-2-8(11(9)14)12-17-16-10(18-12)6-15-7-4-5-7/h1-3,7,15H,4-6H2. The first kappa shape index (κ1) is 11.8. The topological polar surface area (TPSA) is 51.0 Å². The van der Waals surface area contributed by atoms with Gasteiger partial charge in [0.2, 0.25) is 5.89 Å². The van der Waals surface area contributed by atoms with Crippen LogP contribution in [0.25, 0.3) is 11.5 Å². The van der Waals surface area contributed by atoms with E-state index in [2.05, 4.69) is 31.4 Å². The third kappa shape index (κ3) is 2.44. The van der Waals surface area contributed by atoms with E-state index in [0.29, 0.717) is 28.5 Å². The molecule has 1 saturated carbocycles. The molecule has 0 atom stereocenters. The lowest BCUT2D eigenvalue weighted by Crippen LogP contribution is -2.15. The normalized spacial score (nSPS) is 15.0. The summed E-state index contributed by atoms with van der Waals surface area (Å²) in [5.74, 6) is 0.306. The van der Waals surface area contributed by atoms with Gasteiger partial charge in [0, 0.05) is 6.04 Å². The second-order valence-corrected chi connectivity index (χ2v) is 5.11. The summed E-state index contributed by atoms with van der Waals surface area (Å²) in [5, 5.41) is 11.0. The molecule has 0 saturated heterocycles. The molecule has 0 bridgehead atoms. The fourth-order valence-electron chi connectivity index (χ4n) is 1.62. The molecule has 1 aromatic carbocycles. The van der Waals surface area contributed by atoms with Gasteiger partial charge in [-0.2, -0.15) is 0 Å². The average molecular weight is 312 g/mol. The highest BCUT2D eigenvalue weighted by molar-refractivity contribution is 9.10. The lowest BCUT2D eigenvalue weighted by atomic mass is 10.2. The Hall–Kier alpha value is -1.27. The van der Waals surface area contributed by atoms with Crippen LogP contribution in [0.4, 0.5) is 4.39 Å². The highest BCUT2D eigenvalue weighted by Crippen LogP contribution is 2.27. The molecule has 94 valence electrons. The minimum Gasteiger partial charge on any atom is -0.419 e. The van der Waals surface area contributed by atoms with E-state index in [1.54, 1.807) is 18.2 Å². The van der Waals surface area contributed by atoms with Crippen molar-refractivity contribution in [2.75, 3.05) is 0 Å². The molecular weight excluding hydrogens is 301 g/mol. The van der Waals surface area contributed by atoms with Gasteiger partial charge in [-0.1, -0.05) is 6.07 Å². The molecule has 1 aliphatic carbocycles. The number of nitrogens with one attached hydrogen (secondary N) is 1. The molecule has 1 heterocycles. The summed E-state index contributed by atoms with van der Waals surface area (Å²) >= 11 is 3.13. The summed E-state index contributed by atoms with van der Waals surface area (Å²) in [5.41, 5.74) is 0.314. The van der Waals surface area contributed by atoms with Gasteiger partial charge in [-0.05, 0) is 40.9 Å². The van der Waals surface area contributed by atoms with E-state index in [0.717, 1.165) is 0 Å². The molecule has 18 heavy (non-hydrogen) atoms. The molecule has 4 nitrogen and oxygen atoms in total. The van der Waals surface area contributed by atoms with Gasteiger partial charge >= 0.3 is 0 Å². The third-order valence-electron chi connectivity index (χ3n) is 2.77. The summed E-state index contributed by atoms with van der Waals surface area (Å²) in [6.45, 7) is 0.535. The Morgan fingerprint density at radius 3 is 3.00 bits per heavy atom. The van der Waals surface area contributed by atoms with E-state index in [9.17, 15) is 4.39 Å². The van der Waals surface area contributed by atoms with Gasteiger partial charge in [-0.15, -0.1) is 10.2 Å². The third-order valence-corrected chi connectivity index (χ3v) is 3.38. The largest absolute Gasteiger partial charge is 0.419 e. The summed E-state index contributed by atoms with van der Waals surface area (Å²) < 4.78 is 19.7. The molecule has 0 spiro atoms. The van der Waals surface area contributed by atoms with Crippen molar-refractivity contribution < 1.29 is 8.81 Å².